The second-order valence-corrected chi connectivity index (χ2v) is 14.1. The third-order valence-electron chi connectivity index (χ3n) is 10.3. The van der Waals surface area contributed by atoms with Crippen LogP contribution in [0.1, 0.15) is 108 Å². The van der Waals surface area contributed by atoms with Crippen molar-refractivity contribution >= 4 is 30.5 Å². The fourth-order valence-corrected chi connectivity index (χ4v) is 7.59. The monoisotopic (exact) mass is 676 g/mol. The number of carbonyl (C=O) groups excluding carboxylic acids is 2. The van der Waals surface area contributed by atoms with Crippen LogP contribution in [-0.4, -0.2) is 83.7 Å². The molecule has 9 nitrogen and oxygen atoms in total. The minimum atomic E-state index is -1.01. The molecule has 10 heteroatoms. The number of thiol groups is 1. The molecular weight excluding hydrogens is 616 g/mol. The van der Waals surface area contributed by atoms with Gasteiger partial charge in [-0.05, 0) is 119 Å². The normalized spacial score (nSPS) is 21.4. The van der Waals surface area contributed by atoms with E-state index in [4.69, 9.17) is 14.6 Å². The van der Waals surface area contributed by atoms with Crippen LogP contribution in [0.5, 0.6) is 5.75 Å². The number of aliphatic carboxylic acids is 1. The first-order valence-corrected chi connectivity index (χ1v) is 18.7. The molecule has 266 valence electrons. The predicted octanol–water partition coefficient (Wildman–Crippen LogP) is 6.48. The predicted molar refractivity (Wildman–Crippen MR) is 188 cm³/mol. The van der Waals surface area contributed by atoms with Crippen molar-refractivity contribution in [2.45, 2.75) is 128 Å². The van der Waals surface area contributed by atoms with Crippen molar-refractivity contribution in [3.05, 3.63) is 29.3 Å². The van der Waals surface area contributed by atoms with Crippen molar-refractivity contribution in [2.24, 2.45) is 17.8 Å². The third kappa shape index (κ3) is 12.6. The van der Waals surface area contributed by atoms with Crippen molar-refractivity contribution in [3.8, 4) is 5.75 Å². The van der Waals surface area contributed by atoms with Gasteiger partial charge in [-0.15, -0.1) is 0 Å². The maximum Gasteiger partial charge on any atom is 0.410 e. The number of hydrogen-bond acceptors (Lipinski definition) is 8. The standard InChI is InChI=1S/C37H60N2O7S/c1-4-5-8-14-29(40)17-18-30-31-22-27-13-11-16-34(45-25-36(42)43)32(27)23-28(31)24-35(30)46-37(44)39(3)26(2)33(41)15-12-20-38-19-9-6-7-10-21-47/h11,13,16,26,28-31,35,38,40,47H,4-10,12,14-15,17-25H2,1-3H3,(H,42,43)/t26-,28+,29+,30-,31+,35-/m1/s1. The smallest absolute Gasteiger partial charge is 0.410 e. The maximum absolute atomic E-state index is 13.5. The van der Waals surface area contributed by atoms with Gasteiger partial charge in [-0.1, -0.05) is 51.2 Å². The van der Waals surface area contributed by atoms with Crippen LogP contribution in [0.4, 0.5) is 4.79 Å². The van der Waals surface area contributed by atoms with Gasteiger partial charge in [-0.25, -0.2) is 9.59 Å². The second kappa shape index (κ2) is 20.9. The molecule has 0 aliphatic heterocycles. The van der Waals surface area contributed by atoms with Gasteiger partial charge in [-0.2, -0.15) is 12.6 Å². The van der Waals surface area contributed by atoms with Crippen LogP contribution in [0, 0.1) is 17.8 Å². The summed E-state index contributed by atoms with van der Waals surface area (Å²) in [6.45, 7) is 5.26. The highest BCUT2D eigenvalue weighted by Crippen LogP contribution is 2.49. The number of fused-ring (bicyclic) bond motifs is 2. The number of likely N-dealkylation sites (N-methyl/N-ethyl adjacent to an activating group) is 1. The highest BCUT2D eigenvalue weighted by molar-refractivity contribution is 7.80. The van der Waals surface area contributed by atoms with Crippen LogP contribution in [0.15, 0.2) is 18.2 Å². The number of ether oxygens (including phenoxy) is 2. The molecule has 47 heavy (non-hydrogen) atoms. The number of unbranched alkanes of at least 4 members (excludes halogenated alkanes) is 5. The Kier molecular flexibility index (Phi) is 17.4. The van der Waals surface area contributed by atoms with Gasteiger partial charge in [0, 0.05) is 13.5 Å². The first-order chi connectivity index (χ1) is 22.7. The number of carbonyl (C=O) groups is 3. The van der Waals surface area contributed by atoms with Crippen LogP contribution >= 0.6 is 12.6 Å². The summed E-state index contributed by atoms with van der Waals surface area (Å²) in [5.74, 6) is 1.17. The number of ketones is 1. The molecule has 0 saturated heterocycles. The molecule has 0 radical (unpaired) electrons. The average molecular weight is 677 g/mol. The summed E-state index contributed by atoms with van der Waals surface area (Å²) in [6, 6.07) is 5.24. The number of carboxylic acids is 1. The number of aliphatic hydroxyl groups excluding tert-OH is 1. The molecular formula is C37H60N2O7S. The molecule has 1 aromatic carbocycles. The Labute approximate surface area is 287 Å². The van der Waals surface area contributed by atoms with E-state index in [0.29, 0.717) is 25.0 Å². The maximum atomic E-state index is 13.5. The van der Waals surface area contributed by atoms with Crippen molar-refractivity contribution < 1.29 is 34.1 Å². The number of aliphatic hydroxyl groups is 1. The Balaban J connectivity index is 1.59. The van der Waals surface area contributed by atoms with Crippen molar-refractivity contribution in [1.82, 2.24) is 10.2 Å². The molecule has 6 atom stereocenters. The van der Waals surface area contributed by atoms with E-state index in [2.05, 4.69) is 30.9 Å². The van der Waals surface area contributed by atoms with Gasteiger partial charge >= 0.3 is 12.1 Å². The van der Waals surface area contributed by atoms with Gasteiger partial charge in [0.25, 0.3) is 0 Å². The zero-order valence-electron chi connectivity index (χ0n) is 29.0. The molecule has 0 bridgehead atoms. The average Bonchev–Trinajstić information content (AvgIpc) is 3.38. The lowest BCUT2D eigenvalue weighted by Gasteiger charge is -2.33. The summed E-state index contributed by atoms with van der Waals surface area (Å²) in [4.78, 5) is 39.0. The van der Waals surface area contributed by atoms with E-state index in [-0.39, 0.29) is 42.4 Å². The molecule has 2 aliphatic rings. The Morgan fingerprint density at radius 1 is 1.04 bits per heavy atom. The van der Waals surface area contributed by atoms with E-state index in [1.807, 2.05) is 12.1 Å². The molecule has 0 heterocycles. The lowest BCUT2D eigenvalue weighted by molar-refractivity contribution is -0.139. The van der Waals surface area contributed by atoms with Crippen molar-refractivity contribution in [2.75, 3.05) is 32.5 Å². The quantitative estimate of drug-likeness (QED) is 0.0768. The van der Waals surface area contributed by atoms with Gasteiger partial charge < -0.3 is 29.9 Å². The number of nitrogens with one attached hydrogen (secondary N) is 1. The van der Waals surface area contributed by atoms with Gasteiger partial charge in [0.2, 0.25) is 0 Å². The lowest BCUT2D eigenvalue weighted by atomic mass is 9.73. The SMILES string of the molecule is CCCCC[C@H](O)CC[C@@H]1[C@H]2Cc3cccc(OCC(=O)O)c3C[C@H]2C[C@H]1OC(=O)N(C)[C@H](C)C(=O)CCCNCCCCCCS. The number of rotatable bonds is 23. The van der Waals surface area contributed by atoms with Crippen molar-refractivity contribution in [3.63, 3.8) is 0 Å². The van der Waals surface area contributed by atoms with Crippen molar-refractivity contribution in [1.29, 1.82) is 0 Å². The van der Waals surface area contributed by atoms with Gasteiger partial charge in [-0.3, -0.25) is 4.79 Å². The van der Waals surface area contributed by atoms with E-state index in [1.165, 1.54) is 17.7 Å². The van der Waals surface area contributed by atoms with E-state index in [0.717, 1.165) is 94.2 Å². The van der Waals surface area contributed by atoms with Crippen LogP contribution in [0.25, 0.3) is 0 Å². The fraction of sp³-hybridized carbons (Fsp3) is 0.757. The summed E-state index contributed by atoms with van der Waals surface area (Å²) in [6.07, 6.45) is 12.3. The molecule has 3 rings (SSSR count). The number of benzene rings is 1. The zero-order chi connectivity index (χ0) is 34.2. The largest absolute Gasteiger partial charge is 0.482 e. The fourth-order valence-electron chi connectivity index (χ4n) is 7.37. The number of carboxylic acid groups (broad SMARTS) is 1. The Bertz CT molecular complexity index is 1120. The van der Waals surface area contributed by atoms with E-state index >= 15 is 0 Å². The molecule has 1 fully saturated rings. The van der Waals surface area contributed by atoms with Gasteiger partial charge in [0.15, 0.2) is 12.4 Å². The summed E-state index contributed by atoms with van der Waals surface area (Å²) in [5.41, 5.74) is 2.19. The molecule has 0 unspecified atom stereocenters. The Hall–Kier alpha value is -2.30. The molecule has 0 aromatic heterocycles. The first kappa shape index (κ1) is 39.1. The van der Waals surface area contributed by atoms with Gasteiger partial charge in [0.05, 0.1) is 12.1 Å². The second-order valence-electron chi connectivity index (χ2n) is 13.7. The van der Waals surface area contributed by atoms with E-state index in [9.17, 15) is 19.5 Å². The Morgan fingerprint density at radius 2 is 1.81 bits per heavy atom. The molecule has 3 N–H and O–H groups in total. The summed E-state index contributed by atoms with van der Waals surface area (Å²) in [5, 5.41) is 23.3. The molecule has 1 saturated carbocycles. The topological polar surface area (TPSA) is 125 Å². The highest BCUT2D eigenvalue weighted by atomic mass is 32.1. The molecule has 2 aliphatic carbocycles. The number of hydrogen-bond donors (Lipinski definition) is 4. The first-order valence-electron chi connectivity index (χ1n) is 18.1. The van der Waals surface area contributed by atoms with Gasteiger partial charge in [0.1, 0.15) is 11.9 Å². The minimum absolute atomic E-state index is 0.0243. The van der Waals surface area contributed by atoms with Crippen LogP contribution in [0.3, 0.4) is 0 Å². The van der Waals surface area contributed by atoms with Crippen LogP contribution in [-0.2, 0) is 27.2 Å². The molecule has 0 spiro atoms. The summed E-state index contributed by atoms with van der Waals surface area (Å²) in [7, 11) is 1.64. The summed E-state index contributed by atoms with van der Waals surface area (Å²) < 4.78 is 11.9. The number of amides is 1. The van der Waals surface area contributed by atoms with E-state index < -0.39 is 18.1 Å². The number of nitrogens with zero attached hydrogens (tertiary/aromatic N) is 1. The minimum Gasteiger partial charge on any atom is -0.482 e. The zero-order valence-corrected chi connectivity index (χ0v) is 29.9. The lowest BCUT2D eigenvalue weighted by Crippen LogP contribution is -2.42. The highest BCUT2D eigenvalue weighted by Gasteiger charge is 2.47. The van der Waals surface area contributed by atoms with E-state index in [1.54, 1.807) is 14.0 Å². The molecule has 1 amide bonds. The van der Waals surface area contributed by atoms with Crippen LogP contribution < -0.4 is 10.1 Å². The summed E-state index contributed by atoms with van der Waals surface area (Å²) >= 11 is 4.25. The number of Topliss-reactive ketones (excluding diaryl/α,β-unsaturated/α-hetero) is 1. The third-order valence-corrected chi connectivity index (χ3v) is 10.6. The molecule has 1 aromatic rings. The Morgan fingerprint density at radius 3 is 2.55 bits per heavy atom. The van der Waals surface area contributed by atoms with Crippen LogP contribution in [0.2, 0.25) is 0 Å².